The van der Waals surface area contributed by atoms with E-state index >= 15 is 0 Å². The number of rotatable bonds is 3. The SMILES string of the molecule is NC[C@H]1CCCN1C(=O)c1cc(-c2cccs2)[nH]n1. The van der Waals surface area contributed by atoms with Crippen molar-refractivity contribution in [1.82, 2.24) is 15.1 Å². The minimum Gasteiger partial charge on any atom is -0.333 e. The first-order chi connectivity index (χ1) is 9.29. The quantitative estimate of drug-likeness (QED) is 0.896. The Morgan fingerprint density at radius 2 is 2.53 bits per heavy atom. The van der Waals surface area contributed by atoms with Crippen molar-refractivity contribution in [3.8, 4) is 10.6 Å². The second-order valence-corrected chi connectivity index (χ2v) is 5.62. The third kappa shape index (κ3) is 2.29. The maximum Gasteiger partial charge on any atom is 0.274 e. The molecular weight excluding hydrogens is 260 g/mol. The van der Waals surface area contributed by atoms with Crippen molar-refractivity contribution in [2.45, 2.75) is 18.9 Å². The largest absolute Gasteiger partial charge is 0.333 e. The minimum absolute atomic E-state index is 0.0213. The smallest absolute Gasteiger partial charge is 0.274 e. The fraction of sp³-hybridized carbons (Fsp3) is 0.385. The van der Waals surface area contributed by atoms with E-state index in [1.54, 1.807) is 11.3 Å². The van der Waals surface area contributed by atoms with Gasteiger partial charge in [0.1, 0.15) is 0 Å². The van der Waals surface area contributed by atoms with E-state index in [9.17, 15) is 4.79 Å². The average Bonchev–Trinajstić information content (AvgIpc) is 3.16. The molecule has 0 aliphatic carbocycles. The number of likely N-dealkylation sites (tertiary alicyclic amines) is 1. The number of thiophene rings is 1. The van der Waals surface area contributed by atoms with E-state index < -0.39 is 0 Å². The van der Waals surface area contributed by atoms with Crippen LogP contribution < -0.4 is 5.73 Å². The second-order valence-electron chi connectivity index (χ2n) is 4.67. The average molecular weight is 276 g/mol. The fourth-order valence-corrected chi connectivity index (χ4v) is 3.18. The molecule has 3 N–H and O–H groups in total. The Bertz CT molecular complexity index is 563. The molecule has 6 heteroatoms. The molecule has 2 aromatic rings. The summed E-state index contributed by atoms with van der Waals surface area (Å²) in [5.41, 5.74) is 7.07. The lowest BCUT2D eigenvalue weighted by atomic mass is 10.2. The van der Waals surface area contributed by atoms with Gasteiger partial charge in [0.2, 0.25) is 0 Å². The van der Waals surface area contributed by atoms with Gasteiger partial charge in [-0.05, 0) is 30.4 Å². The van der Waals surface area contributed by atoms with Crippen LogP contribution in [0, 0.1) is 0 Å². The highest BCUT2D eigenvalue weighted by molar-refractivity contribution is 7.13. The van der Waals surface area contributed by atoms with Gasteiger partial charge in [-0.3, -0.25) is 9.89 Å². The van der Waals surface area contributed by atoms with Crippen LogP contribution in [0.1, 0.15) is 23.3 Å². The number of nitrogens with zero attached hydrogens (tertiary/aromatic N) is 2. The van der Waals surface area contributed by atoms with Gasteiger partial charge in [-0.15, -0.1) is 11.3 Å². The zero-order valence-electron chi connectivity index (χ0n) is 10.5. The number of aromatic amines is 1. The van der Waals surface area contributed by atoms with E-state index in [2.05, 4.69) is 10.2 Å². The van der Waals surface area contributed by atoms with Crippen molar-refractivity contribution in [1.29, 1.82) is 0 Å². The van der Waals surface area contributed by atoms with Gasteiger partial charge in [-0.2, -0.15) is 5.10 Å². The van der Waals surface area contributed by atoms with Crippen molar-refractivity contribution in [2.24, 2.45) is 5.73 Å². The van der Waals surface area contributed by atoms with E-state index in [0.717, 1.165) is 30.0 Å². The Kier molecular flexibility index (Phi) is 3.35. The topological polar surface area (TPSA) is 75.0 Å². The van der Waals surface area contributed by atoms with Crippen LogP contribution in [0.4, 0.5) is 0 Å². The van der Waals surface area contributed by atoms with E-state index in [1.807, 2.05) is 28.5 Å². The molecule has 0 saturated carbocycles. The first-order valence-electron chi connectivity index (χ1n) is 6.40. The standard InChI is InChI=1S/C13H16N4OS/c14-8-9-3-1-5-17(9)13(18)11-7-10(15-16-11)12-4-2-6-19-12/h2,4,6-7,9H,1,3,5,8,14H2,(H,15,16)/t9-/m1/s1. The van der Waals surface area contributed by atoms with Gasteiger partial charge in [0.05, 0.1) is 10.6 Å². The van der Waals surface area contributed by atoms with Crippen molar-refractivity contribution in [2.75, 3.05) is 13.1 Å². The summed E-state index contributed by atoms with van der Waals surface area (Å²) in [6, 6.07) is 5.97. The maximum absolute atomic E-state index is 12.4. The number of carbonyl (C=O) groups excluding carboxylic acids is 1. The van der Waals surface area contributed by atoms with Gasteiger partial charge >= 0.3 is 0 Å². The minimum atomic E-state index is -0.0213. The van der Waals surface area contributed by atoms with Crippen molar-refractivity contribution in [3.05, 3.63) is 29.3 Å². The summed E-state index contributed by atoms with van der Waals surface area (Å²) in [6.07, 6.45) is 2.01. The molecule has 2 aromatic heterocycles. The molecule has 0 aromatic carbocycles. The third-order valence-corrected chi connectivity index (χ3v) is 4.40. The van der Waals surface area contributed by atoms with Crippen LogP contribution in [0.25, 0.3) is 10.6 Å². The van der Waals surface area contributed by atoms with E-state index in [-0.39, 0.29) is 11.9 Å². The van der Waals surface area contributed by atoms with Crippen LogP contribution in [0.15, 0.2) is 23.6 Å². The van der Waals surface area contributed by atoms with Crippen molar-refractivity contribution < 1.29 is 4.79 Å². The number of carbonyl (C=O) groups is 1. The number of aromatic nitrogens is 2. The van der Waals surface area contributed by atoms with Crippen LogP contribution in [0.3, 0.4) is 0 Å². The van der Waals surface area contributed by atoms with Crippen LogP contribution >= 0.6 is 11.3 Å². The molecule has 0 unspecified atom stereocenters. The summed E-state index contributed by atoms with van der Waals surface area (Å²) in [4.78, 5) is 15.3. The Morgan fingerprint density at radius 3 is 3.26 bits per heavy atom. The first kappa shape index (κ1) is 12.4. The Balaban J connectivity index is 1.81. The number of nitrogens with two attached hydrogens (primary N) is 1. The Hall–Kier alpha value is -1.66. The third-order valence-electron chi connectivity index (χ3n) is 3.49. The fourth-order valence-electron chi connectivity index (χ4n) is 2.48. The molecular formula is C13H16N4OS. The van der Waals surface area contributed by atoms with E-state index in [0.29, 0.717) is 12.2 Å². The molecule has 0 radical (unpaired) electrons. The van der Waals surface area contributed by atoms with E-state index in [4.69, 9.17) is 5.73 Å². The number of H-pyrrole nitrogens is 1. The van der Waals surface area contributed by atoms with E-state index in [1.165, 1.54) is 0 Å². The monoisotopic (exact) mass is 276 g/mol. The summed E-state index contributed by atoms with van der Waals surface area (Å²) in [5, 5.41) is 9.06. The summed E-state index contributed by atoms with van der Waals surface area (Å²) in [5.74, 6) is -0.0213. The van der Waals surface area contributed by atoms with Crippen LogP contribution in [0.5, 0.6) is 0 Å². The maximum atomic E-state index is 12.4. The Labute approximate surface area is 115 Å². The molecule has 3 rings (SSSR count). The lowest BCUT2D eigenvalue weighted by Gasteiger charge is -2.22. The lowest BCUT2D eigenvalue weighted by molar-refractivity contribution is 0.0735. The molecule has 19 heavy (non-hydrogen) atoms. The summed E-state index contributed by atoms with van der Waals surface area (Å²) in [7, 11) is 0. The van der Waals surface area contributed by atoms with Crippen molar-refractivity contribution in [3.63, 3.8) is 0 Å². The van der Waals surface area contributed by atoms with Crippen LogP contribution in [-0.4, -0.2) is 40.1 Å². The molecule has 1 aliphatic rings. The van der Waals surface area contributed by atoms with Gasteiger partial charge in [-0.25, -0.2) is 0 Å². The molecule has 100 valence electrons. The molecule has 1 atom stereocenters. The first-order valence-corrected chi connectivity index (χ1v) is 7.28. The predicted molar refractivity (Wildman–Crippen MR) is 75.0 cm³/mol. The zero-order valence-corrected chi connectivity index (χ0v) is 11.3. The Morgan fingerprint density at radius 1 is 1.63 bits per heavy atom. The van der Waals surface area contributed by atoms with Gasteiger partial charge in [0.25, 0.3) is 5.91 Å². The summed E-state index contributed by atoms with van der Waals surface area (Å²) in [6.45, 7) is 1.30. The van der Waals surface area contributed by atoms with Gasteiger partial charge in [0, 0.05) is 19.1 Å². The predicted octanol–water partition coefficient (Wildman–Crippen LogP) is 1.70. The normalized spacial score (nSPS) is 19.0. The number of hydrogen-bond donors (Lipinski definition) is 2. The molecule has 3 heterocycles. The summed E-state index contributed by atoms with van der Waals surface area (Å²) < 4.78 is 0. The van der Waals surface area contributed by atoms with Crippen LogP contribution in [-0.2, 0) is 0 Å². The van der Waals surface area contributed by atoms with Gasteiger partial charge in [-0.1, -0.05) is 6.07 Å². The number of amides is 1. The molecule has 1 aliphatic heterocycles. The number of nitrogens with one attached hydrogen (secondary N) is 1. The lowest BCUT2D eigenvalue weighted by Crippen LogP contribution is -2.40. The second kappa shape index (κ2) is 5.14. The summed E-state index contributed by atoms with van der Waals surface area (Å²) >= 11 is 1.62. The molecule has 0 spiro atoms. The molecule has 1 saturated heterocycles. The highest BCUT2D eigenvalue weighted by Crippen LogP contribution is 2.24. The van der Waals surface area contributed by atoms with Crippen molar-refractivity contribution >= 4 is 17.2 Å². The number of hydrogen-bond acceptors (Lipinski definition) is 4. The molecule has 1 fully saturated rings. The highest BCUT2D eigenvalue weighted by atomic mass is 32.1. The van der Waals surface area contributed by atoms with Gasteiger partial charge < -0.3 is 10.6 Å². The van der Waals surface area contributed by atoms with Gasteiger partial charge in [0.15, 0.2) is 5.69 Å². The molecule has 5 nitrogen and oxygen atoms in total. The zero-order chi connectivity index (χ0) is 13.2. The molecule has 1 amide bonds. The molecule has 0 bridgehead atoms. The highest BCUT2D eigenvalue weighted by Gasteiger charge is 2.29. The van der Waals surface area contributed by atoms with Crippen LogP contribution in [0.2, 0.25) is 0 Å².